The molecule has 0 bridgehead atoms. The second-order valence-corrected chi connectivity index (χ2v) is 4.97. The van der Waals surface area contributed by atoms with Crippen LogP contribution in [0.5, 0.6) is 5.88 Å². The van der Waals surface area contributed by atoms with Crippen LogP contribution >= 0.6 is 11.3 Å². The summed E-state index contributed by atoms with van der Waals surface area (Å²) in [5, 5.41) is 12.2. The second kappa shape index (κ2) is 5.41. The number of hydrogen-bond donors (Lipinski definition) is 1. The maximum atomic E-state index is 4.99. The van der Waals surface area contributed by atoms with Gasteiger partial charge in [-0.3, -0.25) is 0 Å². The quantitative estimate of drug-likeness (QED) is 0.917. The molecule has 0 saturated heterocycles. The molecule has 0 aliphatic carbocycles. The van der Waals surface area contributed by atoms with Crippen molar-refractivity contribution in [3.8, 4) is 16.6 Å². The molecular weight excluding hydrogens is 248 g/mol. The average molecular weight is 264 g/mol. The summed E-state index contributed by atoms with van der Waals surface area (Å²) in [5.74, 6) is 0.510. The highest BCUT2D eigenvalue weighted by Crippen LogP contribution is 2.30. The zero-order valence-electron chi connectivity index (χ0n) is 10.9. The van der Waals surface area contributed by atoms with Crippen LogP contribution in [0.15, 0.2) is 12.1 Å². The third kappa shape index (κ3) is 2.49. The van der Waals surface area contributed by atoms with Crippen molar-refractivity contribution in [2.24, 2.45) is 0 Å². The summed E-state index contributed by atoms with van der Waals surface area (Å²) in [6.07, 6.45) is 0. The third-order valence-electron chi connectivity index (χ3n) is 2.73. The number of aromatic nitrogens is 3. The second-order valence-electron chi connectivity index (χ2n) is 3.94. The van der Waals surface area contributed by atoms with Crippen LogP contribution in [0.25, 0.3) is 10.7 Å². The molecule has 1 unspecified atom stereocenters. The molecule has 6 heteroatoms. The van der Waals surface area contributed by atoms with E-state index in [9.17, 15) is 0 Å². The fraction of sp³-hybridized carbons (Fsp3) is 0.417. The topological polar surface area (TPSA) is 59.9 Å². The molecule has 0 amide bonds. The van der Waals surface area contributed by atoms with Gasteiger partial charge in [-0.25, -0.2) is 4.98 Å². The Kier molecular flexibility index (Phi) is 3.88. The zero-order chi connectivity index (χ0) is 13.1. The SMILES string of the molecule is CNC(C)c1sc(-c2ccc(OC)nn2)nc1C. The average Bonchev–Trinajstić information content (AvgIpc) is 2.80. The molecular formula is C12H16N4OS. The van der Waals surface area contributed by atoms with Gasteiger partial charge in [0.2, 0.25) is 5.88 Å². The number of nitrogens with one attached hydrogen (secondary N) is 1. The van der Waals surface area contributed by atoms with Gasteiger partial charge in [-0.2, -0.15) is 0 Å². The van der Waals surface area contributed by atoms with E-state index in [2.05, 4.69) is 27.4 Å². The Morgan fingerprint density at radius 1 is 1.33 bits per heavy atom. The van der Waals surface area contributed by atoms with E-state index < -0.39 is 0 Å². The predicted octanol–water partition coefficient (Wildman–Crippen LogP) is 2.20. The van der Waals surface area contributed by atoms with Crippen LogP contribution in [-0.2, 0) is 0 Å². The molecule has 0 fully saturated rings. The molecule has 2 aromatic rings. The monoisotopic (exact) mass is 264 g/mol. The highest BCUT2D eigenvalue weighted by molar-refractivity contribution is 7.15. The first-order valence-electron chi connectivity index (χ1n) is 5.68. The van der Waals surface area contributed by atoms with Gasteiger partial charge < -0.3 is 10.1 Å². The molecule has 5 nitrogen and oxygen atoms in total. The van der Waals surface area contributed by atoms with Crippen LogP contribution in [0.3, 0.4) is 0 Å². The summed E-state index contributed by atoms with van der Waals surface area (Å²) in [6.45, 7) is 4.13. The van der Waals surface area contributed by atoms with Crippen molar-refractivity contribution in [3.63, 3.8) is 0 Å². The lowest BCUT2D eigenvalue weighted by atomic mass is 10.2. The maximum absolute atomic E-state index is 4.99. The Balaban J connectivity index is 2.33. The predicted molar refractivity (Wildman–Crippen MR) is 71.9 cm³/mol. The number of thiazole rings is 1. The largest absolute Gasteiger partial charge is 0.480 e. The Labute approximate surface area is 110 Å². The molecule has 2 heterocycles. The molecule has 2 rings (SSSR count). The van der Waals surface area contributed by atoms with Crippen LogP contribution in [0.1, 0.15) is 23.5 Å². The lowest BCUT2D eigenvalue weighted by Crippen LogP contribution is -2.11. The van der Waals surface area contributed by atoms with Gasteiger partial charge in [0.15, 0.2) is 0 Å². The molecule has 0 aromatic carbocycles. The molecule has 0 spiro atoms. The molecule has 0 aliphatic heterocycles. The zero-order valence-corrected chi connectivity index (χ0v) is 11.7. The van der Waals surface area contributed by atoms with Gasteiger partial charge >= 0.3 is 0 Å². The van der Waals surface area contributed by atoms with Gasteiger partial charge in [-0.05, 0) is 27.0 Å². The number of methoxy groups -OCH3 is 1. The fourth-order valence-corrected chi connectivity index (χ4v) is 2.69. The van der Waals surface area contributed by atoms with Crippen molar-refractivity contribution in [1.82, 2.24) is 20.5 Å². The lowest BCUT2D eigenvalue weighted by Gasteiger charge is -2.06. The van der Waals surface area contributed by atoms with Crippen LogP contribution in [0.4, 0.5) is 0 Å². The van der Waals surface area contributed by atoms with E-state index in [1.807, 2.05) is 20.0 Å². The summed E-state index contributed by atoms with van der Waals surface area (Å²) < 4.78 is 4.99. The smallest absolute Gasteiger partial charge is 0.233 e. The molecule has 1 N–H and O–H groups in total. The van der Waals surface area contributed by atoms with Crippen molar-refractivity contribution < 1.29 is 4.74 Å². The molecule has 1 atom stereocenters. The van der Waals surface area contributed by atoms with E-state index in [-0.39, 0.29) is 0 Å². The van der Waals surface area contributed by atoms with Crippen LogP contribution in [-0.4, -0.2) is 29.3 Å². The van der Waals surface area contributed by atoms with Crippen molar-refractivity contribution in [2.75, 3.05) is 14.2 Å². The van der Waals surface area contributed by atoms with Crippen LogP contribution in [0, 0.1) is 6.92 Å². The first-order chi connectivity index (χ1) is 8.65. The van der Waals surface area contributed by atoms with Gasteiger partial charge in [-0.15, -0.1) is 21.5 Å². The fourth-order valence-electron chi connectivity index (χ4n) is 1.59. The van der Waals surface area contributed by atoms with E-state index in [0.29, 0.717) is 11.9 Å². The van der Waals surface area contributed by atoms with Crippen molar-refractivity contribution in [3.05, 3.63) is 22.7 Å². The van der Waals surface area contributed by atoms with Crippen molar-refractivity contribution in [1.29, 1.82) is 0 Å². The Morgan fingerprint density at radius 2 is 2.11 bits per heavy atom. The van der Waals surface area contributed by atoms with Crippen LogP contribution < -0.4 is 10.1 Å². The van der Waals surface area contributed by atoms with Crippen LogP contribution in [0.2, 0.25) is 0 Å². The van der Waals surface area contributed by atoms with Gasteiger partial charge in [0.1, 0.15) is 10.7 Å². The molecule has 2 aromatic heterocycles. The summed E-state index contributed by atoms with van der Waals surface area (Å²) in [5.41, 5.74) is 1.81. The summed E-state index contributed by atoms with van der Waals surface area (Å²) in [4.78, 5) is 5.77. The van der Waals surface area contributed by atoms with E-state index in [1.165, 1.54) is 4.88 Å². The summed E-state index contributed by atoms with van der Waals surface area (Å²) in [6, 6.07) is 3.96. The van der Waals surface area contributed by atoms with Gasteiger partial charge in [0.05, 0.1) is 12.8 Å². The first kappa shape index (κ1) is 12.9. The van der Waals surface area contributed by atoms with E-state index in [0.717, 1.165) is 16.4 Å². The number of ether oxygens (including phenoxy) is 1. The molecule has 18 heavy (non-hydrogen) atoms. The highest BCUT2D eigenvalue weighted by atomic mass is 32.1. The van der Waals surface area contributed by atoms with Gasteiger partial charge in [0, 0.05) is 17.0 Å². The molecule has 96 valence electrons. The number of rotatable bonds is 4. The Morgan fingerprint density at radius 3 is 2.67 bits per heavy atom. The minimum absolute atomic E-state index is 0.294. The van der Waals surface area contributed by atoms with E-state index in [1.54, 1.807) is 24.5 Å². The highest BCUT2D eigenvalue weighted by Gasteiger charge is 2.14. The van der Waals surface area contributed by atoms with Crippen molar-refractivity contribution >= 4 is 11.3 Å². The summed E-state index contributed by atoms with van der Waals surface area (Å²) >= 11 is 1.64. The van der Waals surface area contributed by atoms with Gasteiger partial charge in [0.25, 0.3) is 0 Å². The molecule has 0 aliphatic rings. The number of hydrogen-bond acceptors (Lipinski definition) is 6. The van der Waals surface area contributed by atoms with E-state index in [4.69, 9.17) is 4.74 Å². The third-order valence-corrected chi connectivity index (χ3v) is 4.09. The molecule has 0 radical (unpaired) electrons. The first-order valence-corrected chi connectivity index (χ1v) is 6.50. The Hall–Kier alpha value is -1.53. The number of aryl methyl sites for hydroxylation is 1. The number of nitrogens with zero attached hydrogens (tertiary/aromatic N) is 3. The summed E-state index contributed by atoms with van der Waals surface area (Å²) in [7, 11) is 3.51. The normalized spacial score (nSPS) is 12.4. The standard InChI is InChI=1S/C12H16N4OS/c1-7(13-3)11-8(2)14-12(18-11)9-5-6-10(17-4)16-15-9/h5-7,13H,1-4H3. The molecule has 0 saturated carbocycles. The van der Waals surface area contributed by atoms with E-state index >= 15 is 0 Å². The Bertz CT molecular complexity index is 523. The minimum Gasteiger partial charge on any atom is -0.480 e. The minimum atomic E-state index is 0.294. The van der Waals surface area contributed by atoms with Crippen molar-refractivity contribution in [2.45, 2.75) is 19.9 Å². The lowest BCUT2D eigenvalue weighted by molar-refractivity contribution is 0.392. The van der Waals surface area contributed by atoms with Gasteiger partial charge in [-0.1, -0.05) is 0 Å². The maximum Gasteiger partial charge on any atom is 0.233 e.